The Morgan fingerprint density at radius 2 is 2.16 bits per heavy atom. The zero-order chi connectivity index (χ0) is 23.5. The largest absolute Gasteiger partial charge is 0.394 e. The van der Waals surface area contributed by atoms with Gasteiger partial charge in [-0.1, -0.05) is 18.2 Å². The van der Waals surface area contributed by atoms with Gasteiger partial charge < -0.3 is 27.2 Å². The van der Waals surface area contributed by atoms with E-state index in [1.807, 2.05) is 0 Å². The third-order valence-corrected chi connectivity index (χ3v) is 5.02. The van der Waals surface area contributed by atoms with Crippen LogP contribution in [0.15, 0.2) is 34.9 Å². The van der Waals surface area contributed by atoms with E-state index < -0.39 is 18.1 Å². The van der Waals surface area contributed by atoms with E-state index in [4.69, 9.17) is 16.6 Å². The smallest absolute Gasteiger partial charge is 0.295 e. The van der Waals surface area contributed by atoms with Crippen LogP contribution in [0.1, 0.15) is 16.7 Å². The van der Waals surface area contributed by atoms with Gasteiger partial charge >= 0.3 is 0 Å². The Labute approximate surface area is 182 Å². The Morgan fingerprint density at radius 3 is 2.84 bits per heavy atom. The Kier molecular flexibility index (Phi) is 6.75. The number of aliphatic hydroxyl groups is 1. The van der Waals surface area contributed by atoms with Crippen molar-refractivity contribution in [2.75, 3.05) is 37.3 Å². The molecule has 2 heterocycles. The highest BCUT2D eigenvalue weighted by atomic mass is 19.3. The van der Waals surface area contributed by atoms with Crippen molar-refractivity contribution >= 4 is 23.5 Å². The fraction of sp³-hybridized carbons (Fsp3) is 0.350. The van der Waals surface area contributed by atoms with Gasteiger partial charge in [-0.05, 0) is 17.7 Å². The molecule has 0 unspecified atom stereocenters. The number of aryl methyl sites for hydroxylation is 1. The molecule has 0 atom stereocenters. The maximum absolute atomic E-state index is 13.8. The number of carbonyl (C=O) groups is 1. The lowest BCUT2D eigenvalue weighted by Crippen LogP contribution is -2.48. The van der Waals surface area contributed by atoms with E-state index in [-0.39, 0.29) is 47.4 Å². The Hall–Kier alpha value is -3.51. The van der Waals surface area contributed by atoms with Crippen LogP contribution in [0.2, 0.25) is 0 Å². The lowest BCUT2D eigenvalue weighted by atomic mass is 10.1. The maximum Gasteiger partial charge on any atom is 0.295 e. The molecule has 2 aromatic rings. The summed E-state index contributed by atoms with van der Waals surface area (Å²) in [6.45, 7) is -0.174. The summed E-state index contributed by atoms with van der Waals surface area (Å²) in [5, 5.41) is 19.0. The van der Waals surface area contributed by atoms with Gasteiger partial charge in [-0.25, -0.2) is 4.68 Å². The zero-order valence-electron chi connectivity index (χ0n) is 17.4. The van der Waals surface area contributed by atoms with Crippen molar-refractivity contribution in [2.24, 2.45) is 12.8 Å². The number of hydrogen-bond acceptors (Lipinski definition) is 8. The number of nitrogens with one attached hydrogen (secondary N) is 2. The van der Waals surface area contributed by atoms with Gasteiger partial charge in [0, 0.05) is 32.2 Å². The summed E-state index contributed by atoms with van der Waals surface area (Å²) in [6.07, 6.45) is 1.39. The molecule has 12 heteroatoms. The minimum absolute atomic E-state index is 0.0767. The van der Waals surface area contributed by atoms with Crippen molar-refractivity contribution in [3.8, 4) is 0 Å². The second kappa shape index (κ2) is 9.32. The maximum atomic E-state index is 13.8. The van der Waals surface area contributed by atoms with Crippen LogP contribution < -0.4 is 27.7 Å². The molecule has 3 rings (SSSR count). The van der Waals surface area contributed by atoms with E-state index in [1.165, 1.54) is 36.2 Å². The minimum atomic E-state index is -3.37. The van der Waals surface area contributed by atoms with Crippen molar-refractivity contribution < 1.29 is 18.7 Å². The molecule has 1 aliphatic heterocycles. The number of carbonyl (C=O) groups excluding carboxylic acids is 1. The molecule has 1 fully saturated rings. The van der Waals surface area contributed by atoms with E-state index in [0.717, 1.165) is 4.68 Å². The minimum Gasteiger partial charge on any atom is -0.394 e. The van der Waals surface area contributed by atoms with Crippen molar-refractivity contribution in [1.82, 2.24) is 20.0 Å². The van der Waals surface area contributed by atoms with Crippen LogP contribution in [0, 0.1) is 0 Å². The molecule has 1 amide bonds. The van der Waals surface area contributed by atoms with Gasteiger partial charge in [0.1, 0.15) is 18.1 Å². The molecule has 10 nitrogen and oxygen atoms in total. The lowest BCUT2D eigenvalue weighted by molar-refractivity contribution is -0.129. The van der Waals surface area contributed by atoms with Crippen LogP contribution in [0.25, 0.3) is 6.08 Å². The summed E-state index contributed by atoms with van der Waals surface area (Å²) in [5.41, 5.74) is 11.8. The van der Waals surface area contributed by atoms with Crippen LogP contribution in [0.4, 0.5) is 20.3 Å². The average Bonchev–Trinajstić information content (AvgIpc) is 2.78. The third-order valence-electron chi connectivity index (χ3n) is 5.02. The molecule has 1 aromatic carbocycles. The number of aliphatic hydroxyl groups excluding tert-OH is 1. The van der Waals surface area contributed by atoms with Gasteiger partial charge in [-0.3, -0.25) is 14.5 Å². The molecule has 0 bridgehead atoms. The van der Waals surface area contributed by atoms with Crippen molar-refractivity contribution in [1.29, 1.82) is 0 Å². The molecule has 0 spiro atoms. The number of amides is 1. The summed E-state index contributed by atoms with van der Waals surface area (Å²) < 4.78 is 28.6. The first-order valence-electron chi connectivity index (χ1n) is 9.81. The number of nitrogens with two attached hydrogens (primary N) is 2. The van der Waals surface area contributed by atoms with Crippen LogP contribution in [0.3, 0.4) is 0 Å². The molecular weight excluding hydrogens is 424 g/mol. The molecule has 0 aliphatic carbocycles. The summed E-state index contributed by atoms with van der Waals surface area (Å²) in [6, 6.07) is 5.56. The summed E-state index contributed by atoms with van der Waals surface area (Å²) in [5.74, 6) is -3.30. The van der Waals surface area contributed by atoms with E-state index in [0.29, 0.717) is 18.7 Å². The van der Waals surface area contributed by atoms with Gasteiger partial charge in [0.15, 0.2) is 5.82 Å². The SMILES string of the molecule is Cn1nc(NCc2cccc(C(F)(F)CO)c2)c(/C=C(\N)N2CCNCC2=O)c(N)c1=O. The number of rotatable bonds is 7. The third kappa shape index (κ3) is 4.86. The van der Waals surface area contributed by atoms with Gasteiger partial charge in [-0.2, -0.15) is 13.9 Å². The van der Waals surface area contributed by atoms with E-state index in [1.54, 1.807) is 6.07 Å². The molecule has 32 heavy (non-hydrogen) atoms. The zero-order valence-corrected chi connectivity index (χ0v) is 17.4. The Balaban J connectivity index is 1.92. The van der Waals surface area contributed by atoms with Gasteiger partial charge in [0.05, 0.1) is 12.1 Å². The van der Waals surface area contributed by atoms with Crippen molar-refractivity contribution in [3.63, 3.8) is 0 Å². The number of anilines is 2. The number of benzene rings is 1. The highest BCUT2D eigenvalue weighted by Crippen LogP contribution is 2.28. The first-order chi connectivity index (χ1) is 15.1. The fourth-order valence-electron chi connectivity index (χ4n) is 3.23. The van der Waals surface area contributed by atoms with Crippen LogP contribution in [-0.4, -0.2) is 51.9 Å². The number of piperazine rings is 1. The van der Waals surface area contributed by atoms with E-state index in [9.17, 15) is 18.4 Å². The highest BCUT2D eigenvalue weighted by Gasteiger charge is 2.30. The van der Waals surface area contributed by atoms with Gasteiger partial charge in [-0.15, -0.1) is 0 Å². The second-order valence-electron chi connectivity index (χ2n) is 7.31. The van der Waals surface area contributed by atoms with Crippen molar-refractivity contribution in [3.05, 3.63) is 57.1 Å². The summed E-state index contributed by atoms with van der Waals surface area (Å²) >= 11 is 0. The predicted octanol–water partition coefficient (Wildman–Crippen LogP) is -0.252. The quantitative estimate of drug-likeness (QED) is 0.388. The average molecular weight is 449 g/mol. The number of aromatic nitrogens is 2. The number of alkyl halides is 2. The van der Waals surface area contributed by atoms with E-state index >= 15 is 0 Å². The molecular formula is C20H25F2N7O3. The number of nitrogens with zero attached hydrogens (tertiary/aromatic N) is 3. The Bertz CT molecular complexity index is 1100. The predicted molar refractivity (Wildman–Crippen MR) is 115 cm³/mol. The molecule has 1 saturated heterocycles. The van der Waals surface area contributed by atoms with Crippen LogP contribution in [0.5, 0.6) is 0 Å². The summed E-state index contributed by atoms with van der Waals surface area (Å²) in [7, 11) is 1.42. The van der Waals surface area contributed by atoms with E-state index in [2.05, 4.69) is 15.7 Å². The number of halogens is 2. The Morgan fingerprint density at radius 1 is 1.41 bits per heavy atom. The first kappa shape index (κ1) is 23.2. The monoisotopic (exact) mass is 449 g/mol. The molecule has 0 saturated carbocycles. The molecule has 7 N–H and O–H groups in total. The van der Waals surface area contributed by atoms with Gasteiger partial charge in [0.25, 0.3) is 11.5 Å². The highest BCUT2D eigenvalue weighted by molar-refractivity contribution is 5.83. The van der Waals surface area contributed by atoms with Gasteiger partial charge in [0.2, 0.25) is 5.91 Å². The lowest BCUT2D eigenvalue weighted by Gasteiger charge is -2.27. The topological polar surface area (TPSA) is 152 Å². The summed E-state index contributed by atoms with van der Waals surface area (Å²) in [4.78, 5) is 25.8. The normalized spacial score (nSPS) is 15.2. The molecule has 1 aliphatic rings. The number of hydrogen-bond donors (Lipinski definition) is 5. The molecule has 0 radical (unpaired) electrons. The fourth-order valence-corrected chi connectivity index (χ4v) is 3.23. The molecule has 1 aromatic heterocycles. The molecule has 172 valence electrons. The van der Waals surface area contributed by atoms with Crippen molar-refractivity contribution in [2.45, 2.75) is 12.5 Å². The number of nitrogen functional groups attached to an aromatic ring is 1. The van der Waals surface area contributed by atoms with Crippen LogP contribution in [-0.2, 0) is 24.3 Å². The van der Waals surface area contributed by atoms with Crippen LogP contribution >= 0.6 is 0 Å². The standard InChI is InChI=1S/C20H25F2N7O3/c1-28-19(32)17(24)14(8-15(23)29-6-5-25-10-16(29)31)18(27-28)26-9-12-3-2-4-13(7-12)20(21,22)11-30/h2-4,7-8,25,30H,5-6,9-11,23-24H2,1H3,(H,26,27)/b15-8+. The first-order valence-corrected chi connectivity index (χ1v) is 9.81. The second-order valence-corrected chi connectivity index (χ2v) is 7.31.